The van der Waals surface area contributed by atoms with E-state index < -0.39 is 21.4 Å². The third-order valence-corrected chi connectivity index (χ3v) is 5.64. The smallest absolute Gasteiger partial charge is 0.242 e. The van der Waals surface area contributed by atoms with E-state index in [2.05, 4.69) is 4.72 Å². The molecule has 0 amide bonds. The Hall–Kier alpha value is -0.400. The zero-order chi connectivity index (χ0) is 15.6. The standard InChI is InChI=1S/C13H20ClFN2O2S.ClH/c1-4-13(5-2,8-16)17-20(18,19)12-6-9(3)11(15)7-10(12)14;/h6-7,17H,4-5,8,16H2,1-3H3;1H. The van der Waals surface area contributed by atoms with E-state index in [4.69, 9.17) is 17.3 Å². The number of nitrogens with two attached hydrogens (primary N) is 1. The van der Waals surface area contributed by atoms with Crippen molar-refractivity contribution in [2.45, 2.75) is 44.0 Å². The minimum atomic E-state index is -3.85. The summed E-state index contributed by atoms with van der Waals surface area (Å²) in [5, 5.41) is -0.140. The average Bonchev–Trinajstić information content (AvgIpc) is 2.40. The lowest BCUT2D eigenvalue weighted by molar-refractivity contribution is 0.363. The third-order valence-electron chi connectivity index (χ3n) is 3.60. The van der Waals surface area contributed by atoms with E-state index in [0.717, 1.165) is 6.07 Å². The van der Waals surface area contributed by atoms with Gasteiger partial charge in [0.1, 0.15) is 10.7 Å². The Morgan fingerprint density at radius 3 is 2.29 bits per heavy atom. The molecule has 8 heteroatoms. The van der Waals surface area contributed by atoms with Crippen LogP contribution in [-0.4, -0.2) is 20.5 Å². The maximum atomic E-state index is 13.4. The van der Waals surface area contributed by atoms with Crippen LogP contribution in [0.3, 0.4) is 0 Å². The number of nitrogens with one attached hydrogen (secondary N) is 1. The van der Waals surface area contributed by atoms with Crippen LogP contribution in [0.2, 0.25) is 5.02 Å². The molecule has 122 valence electrons. The Labute approximate surface area is 136 Å². The van der Waals surface area contributed by atoms with Crippen LogP contribution < -0.4 is 10.5 Å². The monoisotopic (exact) mass is 358 g/mol. The molecule has 0 heterocycles. The van der Waals surface area contributed by atoms with Gasteiger partial charge in [-0.25, -0.2) is 17.5 Å². The Bertz CT molecular complexity index is 582. The Morgan fingerprint density at radius 1 is 1.33 bits per heavy atom. The van der Waals surface area contributed by atoms with E-state index in [1.54, 1.807) is 0 Å². The van der Waals surface area contributed by atoms with Gasteiger partial charge in [0.25, 0.3) is 0 Å². The molecule has 0 saturated heterocycles. The molecular weight excluding hydrogens is 338 g/mol. The summed E-state index contributed by atoms with van der Waals surface area (Å²) in [6, 6.07) is 2.24. The third kappa shape index (κ3) is 4.53. The highest BCUT2D eigenvalue weighted by atomic mass is 35.5. The van der Waals surface area contributed by atoms with Gasteiger partial charge in [-0.3, -0.25) is 0 Å². The number of hydrogen-bond donors (Lipinski definition) is 2. The Kier molecular flexibility index (Phi) is 7.59. The van der Waals surface area contributed by atoms with E-state index in [9.17, 15) is 12.8 Å². The second-order valence-electron chi connectivity index (χ2n) is 4.83. The van der Waals surface area contributed by atoms with E-state index in [-0.39, 0.29) is 34.4 Å². The van der Waals surface area contributed by atoms with Crippen molar-refractivity contribution in [1.29, 1.82) is 0 Å². The summed E-state index contributed by atoms with van der Waals surface area (Å²) in [6.45, 7) is 5.38. The molecule has 0 aliphatic carbocycles. The number of hydrogen-bond acceptors (Lipinski definition) is 3. The van der Waals surface area contributed by atoms with Crippen molar-refractivity contribution < 1.29 is 12.8 Å². The SMILES string of the molecule is CCC(CC)(CN)NS(=O)(=O)c1cc(C)c(F)cc1Cl.Cl. The Balaban J connectivity index is 0.00000400. The number of halogens is 3. The largest absolute Gasteiger partial charge is 0.329 e. The molecular formula is C13H21Cl2FN2O2S. The van der Waals surface area contributed by atoms with Crippen molar-refractivity contribution in [3.05, 3.63) is 28.5 Å². The summed E-state index contributed by atoms with van der Waals surface area (Å²) in [4.78, 5) is -0.127. The summed E-state index contributed by atoms with van der Waals surface area (Å²) in [7, 11) is -3.85. The molecule has 0 aromatic heterocycles. The lowest BCUT2D eigenvalue weighted by Gasteiger charge is -2.31. The lowest BCUT2D eigenvalue weighted by Crippen LogP contribution is -2.52. The minimum absolute atomic E-state index is 0. The first kappa shape index (κ1) is 20.6. The second-order valence-corrected chi connectivity index (χ2v) is 6.89. The molecule has 0 bridgehead atoms. The summed E-state index contributed by atoms with van der Waals surface area (Å²) < 4.78 is 40.8. The van der Waals surface area contributed by atoms with Crippen LogP contribution in [0.1, 0.15) is 32.3 Å². The molecule has 3 N–H and O–H groups in total. The topological polar surface area (TPSA) is 72.2 Å². The van der Waals surface area contributed by atoms with Crippen molar-refractivity contribution in [2.75, 3.05) is 6.54 Å². The fourth-order valence-corrected chi connectivity index (χ4v) is 4.06. The van der Waals surface area contributed by atoms with Gasteiger partial charge in [0.2, 0.25) is 10.0 Å². The van der Waals surface area contributed by atoms with Gasteiger partial charge in [-0.05, 0) is 37.5 Å². The maximum absolute atomic E-state index is 13.4. The molecule has 21 heavy (non-hydrogen) atoms. The van der Waals surface area contributed by atoms with Crippen molar-refractivity contribution in [3.8, 4) is 0 Å². The van der Waals surface area contributed by atoms with E-state index in [1.807, 2.05) is 13.8 Å². The average molecular weight is 359 g/mol. The highest BCUT2D eigenvalue weighted by molar-refractivity contribution is 7.89. The van der Waals surface area contributed by atoms with Gasteiger partial charge in [0.05, 0.1) is 5.02 Å². The first-order chi connectivity index (χ1) is 9.21. The molecule has 0 saturated carbocycles. The van der Waals surface area contributed by atoms with Crippen LogP contribution >= 0.6 is 24.0 Å². The van der Waals surface area contributed by atoms with Crippen LogP contribution in [0.15, 0.2) is 17.0 Å². The van der Waals surface area contributed by atoms with Gasteiger partial charge < -0.3 is 5.73 Å². The second kappa shape index (κ2) is 7.74. The molecule has 0 radical (unpaired) electrons. The summed E-state index contributed by atoms with van der Waals surface area (Å²) in [5.74, 6) is -0.537. The fourth-order valence-electron chi connectivity index (χ4n) is 1.90. The molecule has 0 aliphatic rings. The molecule has 1 aromatic carbocycles. The summed E-state index contributed by atoms with van der Waals surface area (Å²) in [5.41, 5.74) is 5.19. The number of rotatable bonds is 6. The molecule has 0 atom stereocenters. The quantitative estimate of drug-likeness (QED) is 0.820. The molecule has 0 fully saturated rings. The van der Waals surface area contributed by atoms with E-state index in [1.165, 1.54) is 13.0 Å². The molecule has 0 aliphatic heterocycles. The normalized spacial score (nSPS) is 12.1. The number of aryl methyl sites for hydroxylation is 1. The summed E-state index contributed by atoms with van der Waals surface area (Å²) in [6.07, 6.45) is 1.11. The van der Waals surface area contributed by atoms with Crippen LogP contribution in [0.4, 0.5) is 4.39 Å². The molecule has 1 aromatic rings. The van der Waals surface area contributed by atoms with Gasteiger partial charge in [-0.2, -0.15) is 0 Å². The molecule has 4 nitrogen and oxygen atoms in total. The highest BCUT2D eigenvalue weighted by Gasteiger charge is 2.32. The van der Waals surface area contributed by atoms with E-state index in [0.29, 0.717) is 12.8 Å². The lowest BCUT2D eigenvalue weighted by atomic mass is 9.95. The molecule has 0 spiro atoms. The van der Waals surface area contributed by atoms with Crippen molar-refractivity contribution in [2.24, 2.45) is 5.73 Å². The zero-order valence-corrected chi connectivity index (χ0v) is 14.6. The summed E-state index contributed by atoms with van der Waals surface area (Å²) >= 11 is 5.85. The Morgan fingerprint density at radius 2 is 1.86 bits per heavy atom. The molecule has 0 unspecified atom stereocenters. The van der Waals surface area contributed by atoms with Gasteiger partial charge in [-0.15, -0.1) is 12.4 Å². The van der Waals surface area contributed by atoms with Gasteiger partial charge >= 0.3 is 0 Å². The highest BCUT2D eigenvalue weighted by Crippen LogP contribution is 2.27. The first-order valence-electron chi connectivity index (χ1n) is 6.41. The van der Waals surface area contributed by atoms with Crippen LogP contribution in [0.25, 0.3) is 0 Å². The first-order valence-corrected chi connectivity index (χ1v) is 8.27. The van der Waals surface area contributed by atoms with Gasteiger partial charge in [-0.1, -0.05) is 25.4 Å². The zero-order valence-electron chi connectivity index (χ0n) is 12.2. The van der Waals surface area contributed by atoms with Gasteiger partial charge in [0, 0.05) is 12.1 Å². The van der Waals surface area contributed by atoms with Crippen LogP contribution in [0.5, 0.6) is 0 Å². The number of sulfonamides is 1. The van der Waals surface area contributed by atoms with E-state index >= 15 is 0 Å². The predicted molar refractivity (Wildman–Crippen MR) is 86.1 cm³/mol. The van der Waals surface area contributed by atoms with Gasteiger partial charge in [0.15, 0.2) is 0 Å². The number of benzene rings is 1. The maximum Gasteiger partial charge on any atom is 0.242 e. The minimum Gasteiger partial charge on any atom is -0.329 e. The van der Waals surface area contributed by atoms with Crippen molar-refractivity contribution in [1.82, 2.24) is 4.72 Å². The molecule has 1 rings (SSSR count). The van der Waals surface area contributed by atoms with Crippen molar-refractivity contribution in [3.63, 3.8) is 0 Å². The van der Waals surface area contributed by atoms with Crippen LogP contribution in [0, 0.1) is 12.7 Å². The fraction of sp³-hybridized carbons (Fsp3) is 0.538. The van der Waals surface area contributed by atoms with Crippen LogP contribution in [-0.2, 0) is 10.0 Å². The van der Waals surface area contributed by atoms with Crippen molar-refractivity contribution >= 4 is 34.0 Å². The predicted octanol–water partition coefficient (Wildman–Crippen LogP) is 3.01.